The first kappa shape index (κ1) is 20.7. The first-order valence-electron chi connectivity index (χ1n) is 9.15. The third-order valence-corrected chi connectivity index (χ3v) is 5.88. The molecule has 0 unspecified atom stereocenters. The van der Waals surface area contributed by atoms with Crippen LogP contribution in [0, 0.1) is 0 Å². The number of rotatable bonds is 5. The minimum Gasteiger partial charge on any atom is -0.280 e. The molecule has 0 saturated carbocycles. The Balaban J connectivity index is 1.75. The number of halogens is 3. The smallest absolute Gasteiger partial charge is 0.280 e. The molecule has 0 aliphatic rings. The Morgan fingerprint density at radius 3 is 1.97 bits per heavy atom. The van der Waals surface area contributed by atoms with E-state index >= 15 is 0 Å². The standard InChI is InChI=1S/C22H16F3N3O2S/c23-22(24,25)17-11-13-18(14-12-17)27-31(29,30)20-15-28(19-9-5-2-6-10-19)26-21(20)16-7-3-1-4-8-16/h1-15,27H. The van der Waals surface area contributed by atoms with Crippen LogP contribution in [0.15, 0.2) is 96.0 Å². The van der Waals surface area contributed by atoms with Crippen LogP contribution in [-0.2, 0) is 16.2 Å². The molecule has 0 bridgehead atoms. The van der Waals surface area contributed by atoms with E-state index in [1.165, 1.54) is 10.9 Å². The molecule has 1 heterocycles. The summed E-state index contributed by atoms with van der Waals surface area (Å²) in [5.41, 5.74) is 0.626. The van der Waals surface area contributed by atoms with E-state index in [-0.39, 0.29) is 16.3 Å². The Morgan fingerprint density at radius 2 is 1.39 bits per heavy atom. The molecule has 0 saturated heterocycles. The summed E-state index contributed by atoms with van der Waals surface area (Å²) in [5.74, 6) is 0. The summed E-state index contributed by atoms with van der Waals surface area (Å²) < 4.78 is 68.4. The lowest BCUT2D eigenvalue weighted by atomic mass is 10.2. The summed E-state index contributed by atoms with van der Waals surface area (Å²) in [6.07, 6.45) is -3.13. The monoisotopic (exact) mass is 443 g/mol. The van der Waals surface area contributed by atoms with Crippen LogP contribution in [0.5, 0.6) is 0 Å². The van der Waals surface area contributed by atoms with E-state index in [0.29, 0.717) is 11.3 Å². The van der Waals surface area contributed by atoms with E-state index in [1.807, 2.05) is 6.07 Å². The molecule has 3 aromatic carbocycles. The Kier molecular flexibility index (Phi) is 5.28. The molecule has 0 aliphatic heterocycles. The predicted molar refractivity (Wildman–Crippen MR) is 111 cm³/mol. The fourth-order valence-corrected chi connectivity index (χ4v) is 4.21. The molecule has 158 valence electrons. The van der Waals surface area contributed by atoms with E-state index in [1.54, 1.807) is 54.6 Å². The molecule has 5 nitrogen and oxygen atoms in total. The van der Waals surface area contributed by atoms with Crippen LogP contribution in [0.4, 0.5) is 18.9 Å². The minimum absolute atomic E-state index is 0.0134. The Morgan fingerprint density at radius 1 is 0.806 bits per heavy atom. The molecule has 4 aromatic rings. The number of nitrogens with one attached hydrogen (secondary N) is 1. The third kappa shape index (κ3) is 4.46. The number of benzene rings is 3. The number of hydrogen-bond donors (Lipinski definition) is 1. The molecule has 0 amide bonds. The van der Waals surface area contributed by atoms with Crippen molar-refractivity contribution in [1.29, 1.82) is 0 Å². The highest BCUT2D eigenvalue weighted by atomic mass is 32.2. The van der Waals surface area contributed by atoms with Crippen LogP contribution in [0.2, 0.25) is 0 Å². The second kappa shape index (κ2) is 7.92. The molecule has 1 aromatic heterocycles. The molecule has 1 N–H and O–H groups in total. The van der Waals surface area contributed by atoms with Crippen LogP contribution >= 0.6 is 0 Å². The lowest BCUT2D eigenvalue weighted by molar-refractivity contribution is -0.137. The van der Waals surface area contributed by atoms with Crippen molar-refractivity contribution in [2.24, 2.45) is 0 Å². The van der Waals surface area contributed by atoms with E-state index in [9.17, 15) is 21.6 Å². The number of sulfonamides is 1. The first-order valence-corrected chi connectivity index (χ1v) is 10.6. The fraction of sp³-hybridized carbons (Fsp3) is 0.0455. The van der Waals surface area contributed by atoms with Gasteiger partial charge in [0, 0.05) is 11.3 Å². The average Bonchev–Trinajstić information content (AvgIpc) is 3.21. The van der Waals surface area contributed by atoms with Crippen LogP contribution in [0.1, 0.15) is 5.56 Å². The lowest BCUT2D eigenvalue weighted by Gasteiger charge is -2.10. The van der Waals surface area contributed by atoms with Crippen molar-refractivity contribution >= 4 is 15.7 Å². The number of alkyl halides is 3. The molecule has 0 fully saturated rings. The summed E-state index contributed by atoms with van der Waals surface area (Å²) in [4.78, 5) is -0.0950. The van der Waals surface area contributed by atoms with Gasteiger partial charge in [0.2, 0.25) is 0 Å². The van der Waals surface area contributed by atoms with Crippen molar-refractivity contribution in [3.05, 3.63) is 96.7 Å². The van der Waals surface area contributed by atoms with Crippen LogP contribution in [0.3, 0.4) is 0 Å². The highest BCUT2D eigenvalue weighted by Gasteiger charge is 2.30. The number of aromatic nitrogens is 2. The minimum atomic E-state index is -4.51. The maximum atomic E-state index is 13.1. The second-order valence-corrected chi connectivity index (χ2v) is 8.32. The Labute approximate surface area is 176 Å². The van der Waals surface area contributed by atoms with E-state index < -0.39 is 21.8 Å². The molecule has 0 radical (unpaired) electrons. The van der Waals surface area contributed by atoms with Gasteiger partial charge in [0.25, 0.3) is 10.0 Å². The number of anilines is 1. The summed E-state index contributed by atoms with van der Waals surface area (Å²) in [5, 5.41) is 4.45. The van der Waals surface area contributed by atoms with E-state index in [2.05, 4.69) is 9.82 Å². The normalized spacial score (nSPS) is 12.0. The topological polar surface area (TPSA) is 64.0 Å². The second-order valence-electron chi connectivity index (χ2n) is 6.67. The zero-order valence-electron chi connectivity index (χ0n) is 15.9. The van der Waals surface area contributed by atoms with Crippen LogP contribution in [-0.4, -0.2) is 18.2 Å². The fourth-order valence-electron chi connectivity index (χ4n) is 3.00. The van der Waals surface area contributed by atoms with Gasteiger partial charge in [0.05, 0.1) is 17.4 Å². The molecular weight excluding hydrogens is 427 g/mol. The molecule has 0 atom stereocenters. The van der Waals surface area contributed by atoms with Gasteiger partial charge in [0.1, 0.15) is 10.6 Å². The van der Waals surface area contributed by atoms with Crippen LogP contribution in [0.25, 0.3) is 16.9 Å². The van der Waals surface area contributed by atoms with Crippen LogP contribution < -0.4 is 4.72 Å². The SMILES string of the molecule is O=S(=O)(Nc1ccc(C(F)(F)F)cc1)c1cn(-c2ccccc2)nc1-c1ccccc1. The van der Waals surface area contributed by atoms with Gasteiger partial charge in [-0.15, -0.1) is 0 Å². The van der Waals surface area contributed by atoms with Gasteiger partial charge in [0.15, 0.2) is 0 Å². The summed E-state index contributed by atoms with van der Waals surface area (Å²) in [7, 11) is -4.14. The van der Waals surface area contributed by atoms with Gasteiger partial charge in [-0.2, -0.15) is 18.3 Å². The molecule has 4 rings (SSSR count). The molecule has 31 heavy (non-hydrogen) atoms. The average molecular weight is 443 g/mol. The molecular formula is C22H16F3N3O2S. The zero-order valence-corrected chi connectivity index (χ0v) is 16.7. The molecule has 9 heteroatoms. The quantitative estimate of drug-likeness (QED) is 0.452. The van der Waals surface area contributed by atoms with E-state index in [4.69, 9.17) is 0 Å². The number of para-hydroxylation sites is 1. The predicted octanol–water partition coefficient (Wildman–Crippen LogP) is 5.36. The maximum absolute atomic E-state index is 13.1. The number of nitrogens with zero attached hydrogens (tertiary/aromatic N) is 2. The van der Waals surface area contributed by atoms with Gasteiger partial charge in [-0.1, -0.05) is 48.5 Å². The zero-order chi connectivity index (χ0) is 22.1. The van der Waals surface area contributed by atoms with Crippen molar-refractivity contribution < 1.29 is 21.6 Å². The summed E-state index contributed by atoms with van der Waals surface area (Å²) >= 11 is 0. The van der Waals surface area contributed by atoms with Gasteiger partial charge < -0.3 is 0 Å². The summed E-state index contributed by atoms with van der Waals surface area (Å²) in [6.45, 7) is 0. The van der Waals surface area contributed by atoms with Crippen molar-refractivity contribution in [2.75, 3.05) is 4.72 Å². The highest BCUT2D eigenvalue weighted by Crippen LogP contribution is 2.32. The van der Waals surface area contributed by atoms with Crippen molar-refractivity contribution in [3.8, 4) is 16.9 Å². The van der Waals surface area contributed by atoms with Gasteiger partial charge in [-0.3, -0.25) is 4.72 Å². The van der Waals surface area contributed by atoms with Gasteiger partial charge in [-0.05, 0) is 36.4 Å². The first-order chi connectivity index (χ1) is 14.7. The maximum Gasteiger partial charge on any atom is 0.416 e. The highest BCUT2D eigenvalue weighted by molar-refractivity contribution is 7.92. The van der Waals surface area contributed by atoms with Crippen molar-refractivity contribution in [1.82, 2.24) is 9.78 Å². The van der Waals surface area contributed by atoms with Gasteiger partial charge in [-0.25, -0.2) is 13.1 Å². The third-order valence-electron chi connectivity index (χ3n) is 4.50. The van der Waals surface area contributed by atoms with E-state index in [0.717, 1.165) is 24.3 Å². The Hall–Kier alpha value is -3.59. The number of hydrogen-bond acceptors (Lipinski definition) is 3. The van der Waals surface area contributed by atoms with Crippen molar-refractivity contribution in [3.63, 3.8) is 0 Å². The largest absolute Gasteiger partial charge is 0.416 e. The van der Waals surface area contributed by atoms with Crippen molar-refractivity contribution in [2.45, 2.75) is 11.1 Å². The lowest BCUT2D eigenvalue weighted by Crippen LogP contribution is -2.13. The molecule has 0 aliphatic carbocycles. The van der Waals surface area contributed by atoms with Gasteiger partial charge >= 0.3 is 6.18 Å². The molecule has 0 spiro atoms. The summed E-state index contributed by atoms with van der Waals surface area (Å²) in [6, 6.07) is 21.6. The Bertz CT molecular complexity index is 1290.